The lowest BCUT2D eigenvalue weighted by molar-refractivity contribution is 0.0527. The van der Waals surface area contributed by atoms with Crippen molar-refractivity contribution in [1.29, 1.82) is 0 Å². The summed E-state index contributed by atoms with van der Waals surface area (Å²) in [6.45, 7) is 8.84. The molecule has 8 nitrogen and oxygen atoms in total. The third-order valence-electron chi connectivity index (χ3n) is 4.70. The Labute approximate surface area is 164 Å². The fourth-order valence-electron chi connectivity index (χ4n) is 3.10. The van der Waals surface area contributed by atoms with Crippen LogP contribution in [0.5, 0.6) is 0 Å². The van der Waals surface area contributed by atoms with Gasteiger partial charge in [0, 0.05) is 32.2 Å². The first-order valence-electron chi connectivity index (χ1n) is 9.49. The number of piperazine rings is 1. The molecule has 1 aromatic heterocycles. The van der Waals surface area contributed by atoms with Gasteiger partial charge in [-0.25, -0.2) is 14.8 Å². The number of anilines is 2. The van der Waals surface area contributed by atoms with E-state index in [0.717, 1.165) is 38.5 Å². The van der Waals surface area contributed by atoms with Crippen LogP contribution < -0.4 is 10.2 Å². The van der Waals surface area contributed by atoms with Gasteiger partial charge >= 0.3 is 5.97 Å². The molecule has 148 valence electrons. The summed E-state index contributed by atoms with van der Waals surface area (Å²) in [5.74, 6) is -0.141. The number of hydrogen-bond acceptors (Lipinski definition) is 7. The highest BCUT2D eigenvalue weighted by Gasteiger charge is 2.20. The van der Waals surface area contributed by atoms with E-state index in [1.807, 2.05) is 0 Å². The van der Waals surface area contributed by atoms with Gasteiger partial charge in [-0.1, -0.05) is 19.1 Å². The van der Waals surface area contributed by atoms with E-state index in [-0.39, 0.29) is 12.3 Å². The lowest BCUT2D eigenvalue weighted by Gasteiger charge is -2.34. The fraction of sp³-hybridized carbons (Fsp3) is 0.400. The van der Waals surface area contributed by atoms with Gasteiger partial charge in [0.2, 0.25) is 0 Å². The molecular formula is C20H25N5O3. The SMILES string of the molecule is CCOC(=O)c1ccccc1NC(=O)c1cc(N2CCN(CC)CC2)ncn1. The van der Waals surface area contributed by atoms with Crippen LogP contribution >= 0.6 is 0 Å². The molecule has 0 spiro atoms. The third-order valence-corrected chi connectivity index (χ3v) is 4.70. The summed E-state index contributed by atoms with van der Waals surface area (Å²) in [7, 11) is 0. The summed E-state index contributed by atoms with van der Waals surface area (Å²) in [6, 6.07) is 8.43. The minimum absolute atomic E-state index is 0.251. The maximum absolute atomic E-state index is 12.7. The van der Waals surface area contributed by atoms with Crippen molar-refractivity contribution in [2.45, 2.75) is 13.8 Å². The second kappa shape index (κ2) is 9.27. The zero-order chi connectivity index (χ0) is 19.9. The Morgan fingerprint density at radius 1 is 1.11 bits per heavy atom. The molecule has 0 bridgehead atoms. The van der Waals surface area contributed by atoms with Crippen LogP contribution in [0.4, 0.5) is 11.5 Å². The van der Waals surface area contributed by atoms with Gasteiger partial charge < -0.3 is 19.9 Å². The van der Waals surface area contributed by atoms with Crippen LogP contribution in [-0.2, 0) is 4.74 Å². The summed E-state index contributed by atoms with van der Waals surface area (Å²) >= 11 is 0. The van der Waals surface area contributed by atoms with E-state index in [1.54, 1.807) is 37.3 Å². The molecule has 1 fully saturated rings. The van der Waals surface area contributed by atoms with Crippen molar-refractivity contribution in [2.24, 2.45) is 0 Å². The number of hydrogen-bond donors (Lipinski definition) is 1. The molecule has 0 saturated carbocycles. The van der Waals surface area contributed by atoms with Crippen molar-refractivity contribution in [1.82, 2.24) is 14.9 Å². The Balaban J connectivity index is 1.73. The molecule has 2 aromatic rings. The van der Waals surface area contributed by atoms with Gasteiger partial charge in [-0.15, -0.1) is 0 Å². The molecule has 3 rings (SSSR count). The minimum Gasteiger partial charge on any atom is -0.462 e. The minimum atomic E-state index is -0.476. The number of rotatable bonds is 6. The molecule has 1 amide bonds. The summed E-state index contributed by atoms with van der Waals surface area (Å²) in [6.07, 6.45) is 1.40. The number of aromatic nitrogens is 2. The van der Waals surface area contributed by atoms with Crippen LogP contribution in [0, 0.1) is 0 Å². The van der Waals surface area contributed by atoms with E-state index >= 15 is 0 Å². The number of likely N-dealkylation sites (N-methyl/N-ethyl adjacent to an activating group) is 1. The number of benzene rings is 1. The van der Waals surface area contributed by atoms with Crippen LogP contribution in [0.3, 0.4) is 0 Å². The molecule has 0 radical (unpaired) electrons. The first kappa shape index (κ1) is 19.8. The predicted molar refractivity (Wildman–Crippen MR) is 107 cm³/mol. The Morgan fingerprint density at radius 3 is 2.57 bits per heavy atom. The molecule has 0 unspecified atom stereocenters. The lowest BCUT2D eigenvalue weighted by Crippen LogP contribution is -2.46. The normalized spacial score (nSPS) is 14.6. The molecule has 0 atom stereocenters. The second-order valence-electron chi connectivity index (χ2n) is 6.40. The Morgan fingerprint density at radius 2 is 1.86 bits per heavy atom. The van der Waals surface area contributed by atoms with Gasteiger partial charge in [0.25, 0.3) is 5.91 Å². The summed E-state index contributed by atoms with van der Waals surface area (Å²) < 4.78 is 5.05. The summed E-state index contributed by atoms with van der Waals surface area (Å²) in [5, 5.41) is 2.76. The highest BCUT2D eigenvalue weighted by atomic mass is 16.5. The molecule has 28 heavy (non-hydrogen) atoms. The molecule has 0 aliphatic carbocycles. The second-order valence-corrected chi connectivity index (χ2v) is 6.40. The highest BCUT2D eigenvalue weighted by molar-refractivity contribution is 6.07. The van der Waals surface area contributed by atoms with E-state index in [1.165, 1.54) is 6.33 Å². The topological polar surface area (TPSA) is 87.7 Å². The standard InChI is InChI=1S/C20H25N5O3/c1-3-24-9-11-25(12-10-24)18-13-17(21-14-22-18)19(26)23-16-8-6-5-7-15(16)20(27)28-4-2/h5-8,13-14H,3-4,9-12H2,1-2H3,(H,23,26). The highest BCUT2D eigenvalue weighted by Crippen LogP contribution is 2.19. The number of ether oxygens (including phenoxy) is 1. The van der Waals surface area contributed by atoms with Crippen molar-refractivity contribution < 1.29 is 14.3 Å². The van der Waals surface area contributed by atoms with Crippen LogP contribution in [0.15, 0.2) is 36.7 Å². The quantitative estimate of drug-likeness (QED) is 0.764. The zero-order valence-corrected chi connectivity index (χ0v) is 16.2. The van der Waals surface area contributed by atoms with Crippen molar-refractivity contribution >= 4 is 23.4 Å². The van der Waals surface area contributed by atoms with Crippen LogP contribution in [-0.4, -0.2) is 66.1 Å². The average molecular weight is 383 g/mol. The number of amides is 1. The molecule has 8 heteroatoms. The van der Waals surface area contributed by atoms with Gasteiger partial charge in [-0.05, 0) is 25.6 Å². The van der Waals surface area contributed by atoms with Gasteiger partial charge in [-0.3, -0.25) is 4.79 Å². The maximum Gasteiger partial charge on any atom is 0.340 e. The van der Waals surface area contributed by atoms with Crippen molar-refractivity contribution in [2.75, 3.05) is 49.5 Å². The van der Waals surface area contributed by atoms with E-state index in [4.69, 9.17) is 4.74 Å². The number of carbonyl (C=O) groups is 2. The van der Waals surface area contributed by atoms with Crippen molar-refractivity contribution in [3.63, 3.8) is 0 Å². The Kier molecular flexibility index (Phi) is 6.54. The summed E-state index contributed by atoms with van der Waals surface area (Å²) in [5.41, 5.74) is 0.951. The monoisotopic (exact) mass is 383 g/mol. The number of nitrogens with one attached hydrogen (secondary N) is 1. The van der Waals surface area contributed by atoms with Crippen molar-refractivity contribution in [3.8, 4) is 0 Å². The van der Waals surface area contributed by atoms with Gasteiger partial charge in [0.05, 0.1) is 17.9 Å². The Bertz CT molecular complexity index is 834. The zero-order valence-electron chi connectivity index (χ0n) is 16.2. The van der Waals surface area contributed by atoms with E-state index < -0.39 is 11.9 Å². The fourth-order valence-corrected chi connectivity index (χ4v) is 3.10. The number of esters is 1. The number of para-hydroxylation sites is 1. The third kappa shape index (κ3) is 4.64. The first-order valence-corrected chi connectivity index (χ1v) is 9.49. The molecular weight excluding hydrogens is 358 g/mol. The summed E-state index contributed by atoms with van der Waals surface area (Å²) in [4.78, 5) is 37.7. The van der Waals surface area contributed by atoms with E-state index in [2.05, 4.69) is 32.0 Å². The van der Waals surface area contributed by atoms with Crippen molar-refractivity contribution in [3.05, 3.63) is 47.9 Å². The van der Waals surface area contributed by atoms with Gasteiger partial charge in [0.1, 0.15) is 17.8 Å². The molecule has 1 N–H and O–H groups in total. The average Bonchev–Trinajstić information content (AvgIpc) is 2.74. The molecule has 2 heterocycles. The largest absolute Gasteiger partial charge is 0.462 e. The number of carbonyl (C=O) groups excluding carboxylic acids is 2. The van der Waals surface area contributed by atoms with Crippen LogP contribution in [0.1, 0.15) is 34.7 Å². The number of nitrogens with zero attached hydrogens (tertiary/aromatic N) is 4. The molecule has 1 aliphatic heterocycles. The smallest absolute Gasteiger partial charge is 0.340 e. The van der Waals surface area contributed by atoms with Gasteiger partial charge in [0.15, 0.2) is 0 Å². The Hall–Kier alpha value is -3.00. The molecule has 1 aliphatic rings. The van der Waals surface area contributed by atoms with E-state index in [9.17, 15) is 9.59 Å². The van der Waals surface area contributed by atoms with Gasteiger partial charge in [-0.2, -0.15) is 0 Å². The van der Waals surface area contributed by atoms with E-state index in [0.29, 0.717) is 11.3 Å². The van der Waals surface area contributed by atoms with Crippen LogP contribution in [0.2, 0.25) is 0 Å². The lowest BCUT2D eigenvalue weighted by atomic mass is 10.1. The molecule has 1 aromatic carbocycles. The maximum atomic E-state index is 12.7. The first-order chi connectivity index (χ1) is 13.6. The molecule has 1 saturated heterocycles. The predicted octanol–water partition coefficient (Wildman–Crippen LogP) is 2.05. The van der Waals surface area contributed by atoms with Crippen LogP contribution in [0.25, 0.3) is 0 Å².